The molecule has 0 aliphatic carbocycles. The highest BCUT2D eigenvalue weighted by atomic mass is 127. The first-order chi connectivity index (χ1) is 5.66. The van der Waals surface area contributed by atoms with Crippen molar-refractivity contribution in [3.8, 4) is 0 Å². The summed E-state index contributed by atoms with van der Waals surface area (Å²) in [6, 6.07) is 0. The maximum Gasteiger partial charge on any atom is 0.267 e. The Kier molecular flexibility index (Phi) is 3.21. The van der Waals surface area contributed by atoms with Gasteiger partial charge < -0.3 is 5.11 Å². The van der Waals surface area contributed by atoms with Crippen LogP contribution in [0.25, 0.3) is 0 Å². The van der Waals surface area contributed by atoms with E-state index >= 15 is 0 Å². The summed E-state index contributed by atoms with van der Waals surface area (Å²) < 4.78 is 2.01. The van der Waals surface area contributed by atoms with Crippen LogP contribution >= 0.6 is 22.6 Å². The second-order valence-electron chi connectivity index (χ2n) is 2.37. The first kappa shape index (κ1) is 9.66. The zero-order valence-electron chi connectivity index (χ0n) is 6.62. The largest absolute Gasteiger partial charge is 0.395 e. The SMILES string of the molecule is Cc1ncn(CCO)c(=O)c1I. The van der Waals surface area contributed by atoms with Crippen LogP contribution in [0, 0.1) is 10.5 Å². The molecule has 0 aliphatic heterocycles. The smallest absolute Gasteiger partial charge is 0.267 e. The Morgan fingerprint density at radius 2 is 2.42 bits per heavy atom. The average Bonchev–Trinajstić information content (AvgIpc) is 2.07. The number of hydrogen-bond donors (Lipinski definition) is 1. The molecule has 12 heavy (non-hydrogen) atoms. The van der Waals surface area contributed by atoms with Gasteiger partial charge in [0.2, 0.25) is 0 Å². The zero-order valence-corrected chi connectivity index (χ0v) is 8.78. The predicted molar refractivity (Wildman–Crippen MR) is 53.0 cm³/mol. The molecule has 0 atom stereocenters. The van der Waals surface area contributed by atoms with Crippen LogP contribution in [-0.4, -0.2) is 21.3 Å². The van der Waals surface area contributed by atoms with E-state index in [1.165, 1.54) is 10.9 Å². The van der Waals surface area contributed by atoms with Crippen LogP contribution in [0.5, 0.6) is 0 Å². The van der Waals surface area contributed by atoms with E-state index in [9.17, 15) is 4.79 Å². The normalized spacial score (nSPS) is 10.2. The molecule has 0 bridgehead atoms. The van der Waals surface area contributed by atoms with Crippen LogP contribution in [0.1, 0.15) is 5.69 Å². The standard InChI is InChI=1S/C7H9IN2O2/c1-5-6(8)7(12)10(2-3-11)4-9-5/h4,11H,2-3H2,1H3. The molecule has 0 saturated carbocycles. The van der Waals surface area contributed by atoms with E-state index in [-0.39, 0.29) is 12.2 Å². The maximum atomic E-state index is 11.4. The summed E-state index contributed by atoms with van der Waals surface area (Å²) in [5.41, 5.74) is 0.645. The molecule has 0 spiro atoms. The number of aliphatic hydroxyl groups is 1. The Morgan fingerprint density at radius 3 is 3.00 bits per heavy atom. The lowest BCUT2D eigenvalue weighted by atomic mass is 10.4. The van der Waals surface area contributed by atoms with Crippen molar-refractivity contribution >= 4 is 22.6 Å². The van der Waals surface area contributed by atoms with Gasteiger partial charge >= 0.3 is 0 Å². The van der Waals surface area contributed by atoms with Crippen molar-refractivity contribution in [1.29, 1.82) is 0 Å². The minimum Gasteiger partial charge on any atom is -0.395 e. The Morgan fingerprint density at radius 1 is 1.75 bits per heavy atom. The Balaban J connectivity index is 3.18. The zero-order chi connectivity index (χ0) is 9.14. The number of aromatic nitrogens is 2. The third kappa shape index (κ3) is 1.84. The van der Waals surface area contributed by atoms with E-state index in [1.807, 2.05) is 22.6 Å². The molecule has 0 amide bonds. The van der Waals surface area contributed by atoms with Crippen LogP contribution < -0.4 is 5.56 Å². The predicted octanol–water partition coefficient (Wildman–Crippen LogP) is 0.149. The molecule has 1 aromatic rings. The van der Waals surface area contributed by atoms with E-state index < -0.39 is 0 Å². The van der Waals surface area contributed by atoms with Crippen LogP contribution in [0.4, 0.5) is 0 Å². The van der Waals surface area contributed by atoms with Crippen molar-refractivity contribution < 1.29 is 5.11 Å². The molecule has 1 rings (SSSR count). The third-order valence-electron chi connectivity index (χ3n) is 1.50. The highest BCUT2D eigenvalue weighted by Crippen LogP contribution is 2.00. The van der Waals surface area contributed by atoms with Crippen molar-refractivity contribution in [3.63, 3.8) is 0 Å². The molecule has 0 radical (unpaired) electrons. The van der Waals surface area contributed by atoms with Gasteiger partial charge in [-0.3, -0.25) is 9.36 Å². The minimum absolute atomic E-state index is 0.0409. The fourth-order valence-corrected chi connectivity index (χ4v) is 1.26. The summed E-state index contributed by atoms with van der Waals surface area (Å²) in [6.45, 7) is 2.05. The Bertz CT molecular complexity index is 335. The quantitative estimate of drug-likeness (QED) is 0.784. The molecule has 1 aromatic heterocycles. The third-order valence-corrected chi connectivity index (χ3v) is 2.74. The highest BCUT2D eigenvalue weighted by Gasteiger charge is 2.03. The fourth-order valence-electron chi connectivity index (χ4n) is 0.813. The molecule has 0 fully saturated rings. The van der Waals surface area contributed by atoms with Crippen molar-refractivity contribution in [3.05, 3.63) is 25.9 Å². The van der Waals surface area contributed by atoms with Crippen molar-refractivity contribution in [2.24, 2.45) is 0 Å². The molecule has 1 heterocycles. The van der Waals surface area contributed by atoms with E-state index in [4.69, 9.17) is 5.11 Å². The summed E-state index contributed by atoms with van der Waals surface area (Å²) in [5.74, 6) is 0. The number of rotatable bonds is 2. The summed E-state index contributed by atoms with van der Waals surface area (Å²) in [5, 5.41) is 8.61. The van der Waals surface area contributed by atoms with Gasteiger partial charge in [0.15, 0.2) is 0 Å². The van der Waals surface area contributed by atoms with Crippen LogP contribution in [0.15, 0.2) is 11.1 Å². The molecular formula is C7H9IN2O2. The summed E-state index contributed by atoms with van der Waals surface area (Å²) >= 11 is 1.96. The molecule has 0 unspecified atom stereocenters. The van der Waals surface area contributed by atoms with Crippen LogP contribution in [0.3, 0.4) is 0 Å². The second kappa shape index (κ2) is 3.99. The Labute approximate surface area is 83.4 Å². The number of halogens is 1. The molecule has 4 nitrogen and oxygen atoms in total. The van der Waals surface area contributed by atoms with Gasteiger partial charge in [-0.25, -0.2) is 4.98 Å². The lowest BCUT2D eigenvalue weighted by Gasteiger charge is -2.03. The average molecular weight is 280 g/mol. The topological polar surface area (TPSA) is 55.1 Å². The van der Waals surface area contributed by atoms with E-state index in [1.54, 1.807) is 6.92 Å². The number of aryl methyl sites for hydroxylation is 1. The monoisotopic (exact) mass is 280 g/mol. The fraction of sp³-hybridized carbons (Fsp3) is 0.429. The van der Waals surface area contributed by atoms with E-state index in [0.717, 1.165) is 5.69 Å². The summed E-state index contributed by atoms with van der Waals surface area (Å²) in [6.07, 6.45) is 1.45. The number of hydrogen-bond acceptors (Lipinski definition) is 3. The van der Waals surface area contributed by atoms with Gasteiger partial charge in [0.1, 0.15) is 0 Å². The molecule has 0 saturated heterocycles. The molecular weight excluding hydrogens is 271 g/mol. The van der Waals surface area contributed by atoms with Gasteiger partial charge in [-0.05, 0) is 29.5 Å². The number of nitrogens with zero attached hydrogens (tertiary/aromatic N) is 2. The van der Waals surface area contributed by atoms with Crippen molar-refractivity contribution in [1.82, 2.24) is 9.55 Å². The molecule has 0 aromatic carbocycles. The lowest BCUT2D eigenvalue weighted by molar-refractivity contribution is 0.273. The van der Waals surface area contributed by atoms with Gasteiger partial charge in [0, 0.05) is 0 Å². The van der Waals surface area contributed by atoms with Gasteiger partial charge in [-0.2, -0.15) is 0 Å². The summed E-state index contributed by atoms with van der Waals surface area (Å²) in [4.78, 5) is 15.4. The van der Waals surface area contributed by atoms with Crippen LogP contribution in [-0.2, 0) is 6.54 Å². The van der Waals surface area contributed by atoms with Crippen molar-refractivity contribution in [2.45, 2.75) is 13.5 Å². The number of aliphatic hydroxyl groups excluding tert-OH is 1. The van der Waals surface area contributed by atoms with Gasteiger partial charge in [-0.1, -0.05) is 0 Å². The molecule has 1 N–H and O–H groups in total. The minimum atomic E-state index is -0.0860. The molecule has 0 aliphatic rings. The highest BCUT2D eigenvalue weighted by molar-refractivity contribution is 14.1. The maximum absolute atomic E-state index is 11.4. The van der Waals surface area contributed by atoms with Gasteiger partial charge in [-0.15, -0.1) is 0 Å². The van der Waals surface area contributed by atoms with Gasteiger partial charge in [0.25, 0.3) is 5.56 Å². The second-order valence-corrected chi connectivity index (χ2v) is 3.44. The van der Waals surface area contributed by atoms with E-state index in [2.05, 4.69) is 4.98 Å². The first-order valence-electron chi connectivity index (χ1n) is 3.49. The summed E-state index contributed by atoms with van der Waals surface area (Å²) in [7, 11) is 0. The lowest BCUT2D eigenvalue weighted by Crippen LogP contribution is -2.25. The van der Waals surface area contributed by atoms with Crippen LogP contribution in [0.2, 0.25) is 0 Å². The Hall–Kier alpha value is -0.430. The first-order valence-corrected chi connectivity index (χ1v) is 4.57. The molecule has 66 valence electrons. The van der Waals surface area contributed by atoms with Crippen molar-refractivity contribution in [2.75, 3.05) is 6.61 Å². The molecule has 5 heteroatoms. The van der Waals surface area contributed by atoms with E-state index in [0.29, 0.717) is 10.1 Å². The van der Waals surface area contributed by atoms with Gasteiger partial charge in [0.05, 0.1) is 28.7 Å².